The van der Waals surface area contributed by atoms with Gasteiger partial charge in [-0.15, -0.1) is 0 Å². The van der Waals surface area contributed by atoms with E-state index in [4.69, 9.17) is 11.6 Å². The second kappa shape index (κ2) is 9.71. The van der Waals surface area contributed by atoms with E-state index in [0.717, 1.165) is 26.2 Å². The molecular formula is C24H27ClFN5O. The third-order valence-electron chi connectivity index (χ3n) is 5.92. The summed E-state index contributed by atoms with van der Waals surface area (Å²) in [7, 11) is 0. The normalized spacial score (nSPS) is 15.6. The molecule has 3 aromatic rings. The highest BCUT2D eigenvalue weighted by Crippen LogP contribution is 2.24. The van der Waals surface area contributed by atoms with Gasteiger partial charge in [-0.25, -0.2) is 9.07 Å². The topological polar surface area (TPSA) is 53.4 Å². The second-order valence-corrected chi connectivity index (χ2v) is 8.42. The molecule has 1 aliphatic heterocycles. The van der Waals surface area contributed by atoms with E-state index in [1.165, 1.54) is 22.5 Å². The maximum atomic E-state index is 13.2. The van der Waals surface area contributed by atoms with Crippen LogP contribution in [0.1, 0.15) is 23.0 Å². The lowest BCUT2D eigenvalue weighted by atomic mass is 10.2. The molecule has 168 valence electrons. The van der Waals surface area contributed by atoms with Gasteiger partial charge in [0.15, 0.2) is 0 Å². The van der Waals surface area contributed by atoms with Gasteiger partial charge in [0, 0.05) is 44.5 Å². The van der Waals surface area contributed by atoms with Crippen molar-refractivity contribution >= 4 is 23.2 Å². The van der Waals surface area contributed by atoms with E-state index >= 15 is 0 Å². The molecule has 0 bridgehead atoms. The van der Waals surface area contributed by atoms with Crippen LogP contribution in [0, 0.1) is 12.7 Å². The van der Waals surface area contributed by atoms with Crippen LogP contribution in [0.15, 0.2) is 54.6 Å². The summed E-state index contributed by atoms with van der Waals surface area (Å²) < 4.78 is 14.7. The van der Waals surface area contributed by atoms with Gasteiger partial charge >= 0.3 is 0 Å². The first-order valence-electron chi connectivity index (χ1n) is 10.8. The SMILES string of the molecule is Cc1nn(-c2ccc(F)cc2)c(Cl)c1C(=O)NCC(C)N1CCN(c2ccccc2)CC1. The van der Waals surface area contributed by atoms with Crippen molar-refractivity contribution in [2.75, 3.05) is 37.6 Å². The minimum absolute atomic E-state index is 0.197. The van der Waals surface area contributed by atoms with Crippen LogP contribution < -0.4 is 10.2 Å². The predicted molar refractivity (Wildman–Crippen MR) is 125 cm³/mol. The Hall–Kier alpha value is -2.90. The molecule has 1 amide bonds. The smallest absolute Gasteiger partial charge is 0.256 e. The number of carbonyl (C=O) groups is 1. The summed E-state index contributed by atoms with van der Waals surface area (Å²) in [6.07, 6.45) is 0. The number of halogens is 2. The average molecular weight is 456 g/mol. The van der Waals surface area contributed by atoms with Gasteiger partial charge in [-0.05, 0) is 50.2 Å². The van der Waals surface area contributed by atoms with Crippen molar-refractivity contribution in [1.82, 2.24) is 20.0 Å². The van der Waals surface area contributed by atoms with E-state index in [1.807, 2.05) is 6.07 Å². The minimum atomic E-state index is -0.342. The van der Waals surface area contributed by atoms with Crippen LogP contribution in [0.2, 0.25) is 5.15 Å². The monoisotopic (exact) mass is 455 g/mol. The zero-order valence-electron chi connectivity index (χ0n) is 18.3. The first kappa shape index (κ1) is 22.3. The molecule has 1 saturated heterocycles. The molecule has 1 unspecified atom stereocenters. The van der Waals surface area contributed by atoms with Crippen LogP contribution in [0.3, 0.4) is 0 Å². The molecule has 1 aromatic heterocycles. The van der Waals surface area contributed by atoms with E-state index in [1.54, 1.807) is 19.1 Å². The Labute approximate surface area is 192 Å². The Bertz CT molecular complexity index is 1060. The highest BCUT2D eigenvalue weighted by molar-refractivity contribution is 6.33. The van der Waals surface area contributed by atoms with E-state index in [0.29, 0.717) is 23.5 Å². The summed E-state index contributed by atoms with van der Waals surface area (Å²) in [6, 6.07) is 16.4. The number of amides is 1. The highest BCUT2D eigenvalue weighted by atomic mass is 35.5. The van der Waals surface area contributed by atoms with Gasteiger partial charge in [0.25, 0.3) is 5.91 Å². The van der Waals surface area contributed by atoms with E-state index in [2.05, 4.69) is 51.4 Å². The molecule has 2 heterocycles. The molecule has 0 radical (unpaired) electrons. The van der Waals surface area contributed by atoms with Gasteiger partial charge in [0.1, 0.15) is 11.0 Å². The molecule has 0 spiro atoms. The van der Waals surface area contributed by atoms with Crippen LogP contribution >= 0.6 is 11.6 Å². The molecule has 0 saturated carbocycles. The van der Waals surface area contributed by atoms with Gasteiger partial charge in [0.05, 0.1) is 16.9 Å². The number of aryl methyl sites for hydroxylation is 1. The van der Waals surface area contributed by atoms with Gasteiger partial charge in [-0.1, -0.05) is 29.8 Å². The fourth-order valence-corrected chi connectivity index (χ4v) is 4.39. The van der Waals surface area contributed by atoms with Gasteiger partial charge < -0.3 is 10.2 Å². The van der Waals surface area contributed by atoms with Gasteiger partial charge in [0.2, 0.25) is 0 Å². The fraction of sp³-hybridized carbons (Fsp3) is 0.333. The lowest BCUT2D eigenvalue weighted by molar-refractivity contribution is 0.0934. The first-order chi connectivity index (χ1) is 15.4. The molecule has 2 aromatic carbocycles. The van der Waals surface area contributed by atoms with E-state index in [9.17, 15) is 9.18 Å². The summed E-state index contributed by atoms with van der Waals surface area (Å²) in [4.78, 5) is 17.6. The maximum absolute atomic E-state index is 13.2. The van der Waals surface area contributed by atoms with Crippen molar-refractivity contribution in [1.29, 1.82) is 0 Å². The highest BCUT2D eigenvalue weighted by Gasteiger charge is 2.24. The maximum Gasteiger partial charge on any atom is 0.256 e. The van der Waals surface area contributed by atoms with Crippen LogP contribution in [0.5, 0.6) is 0 Å². The number of aromatic nitrogens is 2. The number of benzene rings is 2. The zero-order valence-corrected chi connectivity index (χ0v) is 19.0. The molecule has 4 rings (SSSR count). The number of hydrogen-bond donors (Lipinski definition) is 1. The van der Waals surface area contributed by atoms with Gasteiger partial charge in [-0.3, -0.25) is 9.69 Å². The number of anilines is 1. The number of piperazine rings is 1. The number of nitrogens with zero attached hydrogens (tertiary/aromatic N) is 4. The lowest BCUT2D eigenvalue weighted by Gasteiger charge is -2.39. The van der Waals surface area contributed by atoms with Crippen LogP contribution in [0.4, 0.5) is 10.1 Å². The van der Waals surface area contributed by atoms with E-state index in [-0.39, 0.29) is 22.9 Å². The third kappa shape index (κ3) is 4.79. The number of nitrogens with one attached hydrogen (secondary N) is 1. The first-order valence-corrected chi connectivity index (χ1v) is 11.1. The quantitative estimate of drug-likeness (QED) is 0.612. The molecule has 0 aliphatic carbocycles. The van der Waals surface area contributed by atoms with Crippen LogP contribution in [-0.4, -0.2) is 59.4 Å². The largest absolute Gasteiger partial charge is 0.369 e. The van der Waals surface area contributed by atoms with Crippen LogP contribution in [0.25, 0.3) is 5.69 Å². The number of rotatable bonds is 6. The molecule has 1 atom stereocenters. The standard InChI is InChI=1S/C24H27ClFN5O/c1-17(29-12-14-30(15-13-29)20-6-4-3-5-7-20)16-27-24(32)22-18(2)28-31(23(22)25)21-10-8-19(26)9-11-21/h3-11,17H,12-16H2,1-2H3,(H,27,32). The molecule has 1 aliphatic rings. The zero-order chi connectivity index (χ0) is 22.7. The summed E-state index contributed by atoms with van der Waals surface area (Å²) in [5.74, 6) is -0.596. The molecule has 32 heavy (non-hydrogen) atoms. The lowest BCUT2D eigenvalue weighted by Crippen LogP contribution is -2.52. The summed E-state index contributed by atoms with van der Waals surface area (Å²) in [5.41, 5.74) is 2.72. The van der Waals surface area contributed by atoms with Crippen molar-refractivity contribution < 1.29 is 9.18 Å². The summed E-state index contributed by atoms with van der Waals surface area (Å²) in [6.45, 7) is 8.17. The van der Waals surface area contributed by atoms with Gasteiger partial charge in [-0.2, -0.15) is 5.10 Å². The van der Waals surface area contributed by atoms with Crippen molar-refractivity contribution in [2.24, 2.45) is 0 Å². The summed E-state index contributed by atoms with van der Waals surface area (Å²) in [5, 5.41) is 7.59. The Kier molecular flexibility index (Phi) is 6.77. The Morgan fingerprint density at radius 3 is 2.38 bits per heavy atom. The Balaban J connectivity index is 1.34. The van der Waals surface area contributed by atoms with Crippen molar-refractivity contribution in [3.8, 4) is 5.69 Å². The molecular weight excluding hydrogens is 429 g/mol. The molecule has 8 heteroatoms. The number of para-hydroxylation sites is 1. The Morgan fingerprint density at radius 2 is 1.72 bits per heavy atom. The molecule has 1 N–H and O–H groups in total. The Morgan fingerprint density at radius 1 is 1.06 bits per heavy atom. The predicted octanol–water partition coefficient (Wildman–Crippen LogP) is 3.91. The average Bonchev–Trinajstić information content (AvgIpc) is 3.12. The van der Waals surface area contributed by atoms with E-state index < -0.39 is 0 Å². The number of hydrogen-bond acceptors (Lipinski definition) is 4. The van der Waals surface area contributed by atoms with Crippen LogP contribution in [-0.2, 0) is 0 Å². The van der Waals surface area contributed by atoms with Crippen molar-refractivity contribution in [3.63, 3.8) is 0 Å². The van der Waals surface area contributed by atoms with Crippen molar-refractivity contribution in [3.05, 3.63) is 76.8 Å². The molecule has 1 fully saturated rings. The third-order valence-corrected chi connectivity index (χ3v) is 6.27. The molecule has 6 nitrogen and oxygen atoms in total. The minimum Gasteiger partial charge on any atom is -0.369 e. The number of carbonyl (C=O) groups excluding carboxylic acids is 1. The second-order valence-electron chi connectivity index (χ2n) is 8.06. The fourth-order valence-electron chi connectivity index (χ4n) is 4.03. The summed E-state index contributed by atoms with van der Waals surface area (Å²) >= 11 is 6.47. The van der Waals surface area contributed by atoms with Crippen molar-refractivity contribution in [2.45, 2.75) is 19.9 Å².